The van der Waals surface area contributed by atoms with Gasteiger partial charge in [-0.1, -0.05) is 18.2 Å². The van der Waals surface area contributed by atoms with E-state index in [0.29, 0.717) is 30.6 Å². The number of anilines is 1. The Morgan fingerprint density at radius 1 is 1.23 bits per heavy atom. The average molecular weight is 418 g/mol. The molecule has 9 heteroatoms. The normalized spacial score (nSPS) is 13.7. The van der Waals surface area contributed by atoms with E-state index in [1.54, 1.807) is 16.7 Å². The van der Waals surface area contributed by atoms with Crippen molar-refractivity contribution in [1.29, 1.82) is 0 Å². The zero-order valence-electron chi connectivity index (χ0n) is 15.8. The minimum absolute atomic E-state index is 0.0666. The highest BCUT2D eigenvalue weighted by Crippen LogP contribution is 2.29. The van der Waals surface area contributed by atoms with Gasteiger partial charge in [0.15, 0.2) is 5.82 Å². The Hall–Kier alpha value is -3.20. The standard InChI is InChI=1S/C21H18F4N4O/c22-19-16-6-7-26-9-14(16)4-5-17(19)20(30)28-18-11-29(12-27-18)10-13-2-1-3-15(8-13)21(23,24)25/h1-5,8,11-12,26H,6-7,9-10H2,(H,28,30). The van der Waals surface area contributed by atoms with E-state index in [1.165, 1.54) is 24.7 Å². The van der Waals surface area contributed by atoms with Gasteiger partial charge in [0.1, 0.15) is 5.82 Å². The van der Waals surface area contributed by atoms with Crippen molar-refractivity contribution in [3.05, 3.63) is 82.6 Å². The van der Waals surface area contributed by atoms with Crippen LogP contribution in [0.2, 0.25) is 0 Å². The number of amides is 1. The summed E-state index contributed by atoms with van der Waals surface area (Å²) in [6, 6.07) is 8.15. The minimum Gasteiger partial charge on any atom is -0.331 e. The second-order valence-electron chi connectivity index (χ2n) is 7.08. The summed E-state index contributed by atoms with van der Waals surface area (Å²) in [6.07, 6.45) is -1.03. The maximum absolute atomic E-state index is 14.7. The van der Waals surface area contributed by atoms with Crippen LogP contribution >= 0.6 is 0 Å². The van der Waals surface area contributed by atoms with Gasteiger partial charge in [-0.15, -0.1) is 0 Å². The molecule has 1 aliphatic heterocycles. The van der Waals surface area contributed by atoms with Gasteiger partial charge in [0.05, 0.1) is 17.5 Å². The summed E-state index contributed by atoms with van der Waals surface area (Å²) in [5.74, 6) is -0.973. The monoisotopic (exact) mass is 418 g/mol. The number of carbonyl (C=O) groups is 1. The van der Waals surface area contributed by atoms with Crippen LogP contribution < -0.4 is 10.6 Å². The first-order valence-electron chi connectivity index (χ1n) is 9.31. The molecule has 0 atom stereocenters. The fourth-order valence-corrected chi connectivity index (χ4v) is 3.46. The van der Waals surface area contributed by atoms with Crippen LogP contribution in [0, 0.1) is 5.82 Å². The molecule has 1 aliphatic rings. The summed E-state index contributed by atoms with van der Waals surface area (Å²) < 4.78 is 54.8. The van der Waals surface area contributed by atoms with Crippen LogP contribution in [0.4, 0.5) is 23.4 Å². The molecule has 0 saturated heterocycles. The highest BCUT2D eigenvalue weighted by atomic mass is 19.4. The first kappa shape index (κ1) is 20.1. The molecule has 2 aromatic carbocycles. The maximum Gasteiger partial charge on any atom is 0.416 e. The number of carbonyl (C=O) groups excluding carboxylic acids is 1. The van der Waals surface area contributed by atoms with Crippen LogP contribution in [0.5, 0.6) is 0 Å². The largest absolute Gasteiger partial charge is 0.416 e. The summed E-state index contributed by atoms with van der Waals surface area (Å²) in [5.41, 5.74) is 1.02. The molecule has 4 rings (SSSR count). The quantitative estimate of drug-likeness (QED) is 0.630. The van der Waals surface area contributed by atoms with Crippen molar-refractivity contribution in [2.45, 2.75) is 25.7 Å². The predicted octanol–water partition coefficient (Wildman–Crippen LogP) is 3.99. The van der Waals surface area contributed by atoms with Gasteiger partial charge in [0, 0.05) is 19.3 Å². The van der Waals surface area contributed by atoms with Gasteiger partial charge in [-0.25, -0.2) is 9.37 Å². The molecule has 1 aromatic heterocycles. The Bertz CT molecular complexity index is 1090. The number of fused-ring (bicyclic) bond motifs is 1. The Kier molecular flexibility index (Phi) is 5.29. The number of aromatic nitrogens is 2. The fourth-order valence-electron chi connectivity index (χ4n) is 3.46. The summed E-state index contributed by atoms with van der Waals surface area (Å²) in [6.45, 7) is 1.36. The fraction of sp³-hybridized carbons (Fsp3) is 0.238. The summed E-state index contributed by atoms with van der Waals surface area (Å²) >= 11 is 0. The lowest BCUT2D eigenvalue weighted by Gasteiger charge is -2.18. The smallest absolute Gasteiger partial charge is 0.331 e. The molecule has 30 heavy (non-hydrogen) atoms. The highest BCUT2D eigenvalue weighted by Gasteiger charge is 2.30. The number of nitrogens with one attached hydrogen (secondary N) is 2. The molecular formula is C21H18F4N4O. The second-order valence-corrected chi connectivity index (χ2v) is 7.08. The zero-order chi connectivity index (χ0) is 21.3. The lowest BCUT2D eigenvalue weighted by Crippen LogP contribution is -2.26. The van der Waals surface area contributed by atoms with Gasteiger partial charge in [-0.05, 0) is 47.9 Å². The second kappa shape index (κ2) is 7.91. The van der Waals surface area contributed by atoms with Gasteiger partial charge >= 0.3 is 6.18 Å². The number of alkyl halides is 3. The van der Waals surface area contributed by atoms with Crippen LogP contribution in [0.1, 0.15) is 32.6 Å². The van der Waals surface area contributed by atoms with Crippen LogP contribution in [-0.2, 0) is 25.7 Å². The van der Waals surface area contributed by atoms with Crippen molar-refractivity contribution in [2.75, 3.05) is 11.9 Å². The summed E-state index contributed by atoms with van der Waals surface area (Å²) in [7, 11) is 0. The molecule has 0 saturated carbocycles. The number of benzene rings is 2. The van der Waals surface area contributed by atoms with Crippen molar-refractivity contribution in [3.8, 4) is 0 Å². The molecule has 0 unspecified atom stereocenters. The average Bonchev–Trinajstić information content (AvgIpc) is 3.14. The number of nitrogens with zero attached hydrogens (tertiary/aromatic N) is 2. The van der Waals surface area contributed by atoms with E-state index in [2.05, 4.69) is 15.6 Å². The van der Waals surface area contributed by atoms with Gasteiger partial charge in [-0.3, -0.25) is 4.79 Å². The zero-order valence-corrected chi connectivity index (χ0v) is 15.8. The van der Waals surface area contributed by atoms with Gasteiger partial charge < -0.3 is 15.2 Å². The first-order chi connectivity index (χ1) is 14.3. The lowest BCUT2D eigenvalue weighted by molar-refractivity contribution is -0.137. The Labute approximate surface area is 169 Å². The van der Waals surface area contributed by atoms with E-state index >= 15 is 0 Å². The highest BCUT2D eigenvalue weighted by molar-refractivity contribution is 6.04. The number of hydrogen-bond donors (Lipinski definition) is 2. The van der Waals surface area contributed by atoms with E-state index < -0.39 is 23.5 Å². The third kappa shape index (κ3) is 4.20. The van der Waals surface area contributed by atoms with E-state index in [4.69, 9.17) is 0 Å². The van der Waals surface area contributed by atoms with E-state index in [0.717, 1.165) is 17.7 Å². The third-order valence-electron chi connectivity index (χ3n) is 4.95. The Balaban J connectivity index is 1.47. The van der Waals surface area contributed by atoms with E-state index in [1.807, 2.05) is 0 Å². The third-order valence-corrected chi connectivity index (χ3v) is 4.95. The molecule has 156 valence electrons. The molecule has 2 N–H and O–H groups in total. The van der Waals surface area contributed by atoms with Crippen LogP contribution in [0.3, 0.4) is 0 Å². The first-order valence-corrected chi connectivity index (χ1v) is 9.31. The Morgan fingerprint density at radius 3 is 2.87 bits per heavy atom. The van der Waals surface area contributed by atoms with Crippen LogP contribution in [0.15, 0.2) is 48.9 Å². The molecular weight excluding hydrogens is 400 g/mol. The SMILES string of the molecule is O=C(Nc1cn(Cc2cccc(C(F)(F)F)c2)cn1)c1ccc2c(c1F)CCNC2. The molecule has 0 aliphatic carbocycles. The molecule has 3 aromatic rings. The van der Waals surface area contributed by atoms with Crippen molar-refractivity contribution in [1.82, 2.24) is 14.9 Å². The van der Waals surface area contributed by atoms with Crippen LogP contribution in [-0.4, -0.2) is 22.0 Å². The number of rotatable bonds is 4. The number of halogens is 4. The minimum atomic E-state index is -4.42. The molecule has 0 radical (unpaired) electrons. The summed E-state index contributed by atoms with van der Waals surface area (Å²) in [5, 5.41) is 5.69. The molecule has 0 spiro atoms. The van der Waals surface area contributed by atoms with E-state index in [-0.39, 0.29) is 17.9 Å². The number of imidazole rings is 1. The Morgan fingerprint density at radius 2 is 2.07 bits per heavy atom. The predicted molar refractivity (Wildman–Crippen MR) is 103 cm³/mol. The van der Waals surface area contributed by atoms with Crippen molar-refractivity contribution < 1.29 is 22.4 Å². The van der Waals surface area contributed by atoms with Gasteiger partial charge in [0.2, 0.25) is 0 Å². The maximum atomic E-state index is 14.7. The van der Waals surface area contributed by atoms with Gasteiger partial charge in [0.25, 0.3) is 5.91 Å². The molecule has 5 nitrogen and oxygen atoms in total. The lowest BCUT2D eigenvalue weighted by atomic mass is 9.97. The molecule has 1 amide bonds. The molecule has 2 heterocycles. The summed E-state index contributed by atoms with van der Waals surface area (Å²) in [4.78, 5) is 16.5. The topological polar surface area (TPSA) is 59.0 Å². The van der Waals surface area contributed by atoms with Gasteiger partial charge in [-0.2, -0.15) is 13.2 Å². The molecule has 0 bridgehead atoms. The van der Waals surface area contributed by atoms with Crippen LogP contribution in [0.25, 0.3) is 0 Å². The van der Waals surface area contributed by atoms with Crippen molar-refractivity contribution in [3.63, 3.8) is 0 Å². The molecule has 0 fully saturated rings. The van der Waals surface area contributed by atoms with Crippen molar-refractivity contribution in [2.24, 2.45) is 0 Å². The number of hydrogen-bond acceptors (Lipinski definition) is 3. The van der Waals surface area contributed by atoms with E-state index in [9.17, 15) is 22.4 Å². The van der Waals surface area contributed by atoms with Crippen molar-refractivity contribution >= 4 is 11.7 Å².